The minimum Gasteiger partial charge on any atom is -0.508 e. The van der Waals surface area contributed by atoms with Gasteiger partial charge in [-0.2, -0.15) is 0 Å². The van der Waals surface area contributed by atoms with Gasteiger partial charge < -0.3 is 54.7 Å². The summed E-state index contributed by atoms with van der Waals surface area (Å²) in [5, 5.41) is 78.3. The Morgan fingerprint density at radius 3 is 2.24 bits per heavy atom. The third kappa shape index (κ3) is 3.82. The second-order valence-corrected chi connectivity index (χ2v) is 7.48. The zero-order chi connectivity index (χ0) is 24.9. The van der Waals surface area contributed by atoms with Gasteiger partial charge in [-0.3, -0.25) is 4.79 Å². The average Bonchev–Trinajstić information content (AvgIpc) is 2.76. The van der Waals surface area contributed by atoms with Gasteiger partial charge in [0.1, 0.15) is 40.8 Å². The molecular formula is C21H18O13. The van der Waals surface area contributed by atoms with E-state index in [1.807, 2.05) is 0 Å². The van der Waals surface area contributed by atoms with E-state index in [2.05, 4.69) is 0 Å². The summed E-state index contributed by atoms with van der Waals surface area (Å²) < 4.78 is 16.1. The van der Waals surface area contributed by atoms with Gasteiger partial charge in [-0.1, -0.05) is 0 Å². The lowest BCUT2D eigenvalue weighted by Gasteiger charge is -2.38. The van der Waals surface area contributed by atoms with Crippen molar-refractivity contribution in [2.75, 3.05) is 0 Å². The molecule has 1 aliphatic rings. The summed E-state index contributed by atoms with van der Waals surface area (Å²) in [7, 11) is 0. The predicted octanol–water partition coefficient (Wildman–Crippen LogP) is -0.447. The summed E-state index contributed by atoms with van der Waals surface area (Å²) in [5.41, 5.74) is -1.40. The summed E-state index contributed by atoms with van der Waals surface area (Å²) in [4.78, 5) is 24.6. The smallest absolute Gasteiger partial charge is 0.335 e. The molecule has 0 radical (unpaired) electrons. The van der Waals surface area contributed by atoms with Crippen molar-refractivity contribution < 1.29 is 59.5 Å². The van der Waals surface area contributed by atoms with Gasteiger partial charge in [-0.15, -0.1) is 0 Å². The number of hydrogen-bond donors (Lipinski definition) is 8. The standard InChI is InChI=1S/C21H18O13/c22-7-4-10(25)12-11(5-7)32-17(6-1-2-8(23)9(24)3-6)18(13(12)26)33-21-16(29)14(27)15(28)19(34-21)20(30)31/h1-5,14-16,19,21-25,27-29H,(H,30,31)/t14-,15-,16+,19-,21+/m0/s1/i4+1,5+1,7+1,10+1,11+1,12+1. The zero-order valence-corrected chi connectivity index (χ0v) is 16.9. The highest BCUT2D eigenvalue weighted by molar-refractivity contribution is 5.88. The van der Waals surface area contributed by atoms with Crippen LogP contribution in [0.3, 0.4) is 0 Å². The third-order valence-corrected chi connectivity index (χ3v) is 5.20. The molecule has 4 rings (SSSR count). The number of ether oxygens (including phenoxy) is 2. The van der Waals surface area contributed by atoms with Crippen molar-refractivity contribution in [1.29, 1.82) is 0 Å². The van der Waals surface area contributed by atoms with Crippen molar-refractivity contribution in [3.63, 3.8) is 0 Å². The van der Waals surface area contributed by atoms with E-state index in [-0.39, 0.29) is 11.1 Å². The van der Waals surface area contributed by atoms with Crippen LogP contribution in [0.4, 0.5) is 0 Å². The largest absolute Gasteiger partial charge is 0.508 e. The maximum atomic E-state index is 13.2. The second-order valence-electron chi connectivity index (χ2n) is 7.48. The molecule has 5 atom stereocenters. The van der Waals surface area contributed by atoms with Crippen LogP contribution in [0.1, 0.15) is 0 Å². The molecule has 8 N–H and O–H groups in total. The number of benzene rings is 2. The Morgan fingerprint density at radius 2 is 1.59 bits per heavy atom. The summed E-state index contributed by atoms with van der Waals surface area (Å²) in [6, 6.07) is 5.13. The number of aliphatic hydroxyl groups excluding tert-OH is 3. The van der Waals surface area contributed by atoms with Gasteiger partial charge in [0, 0.05) is 17.7 Å². The highest BCUT2D eigenvalue weighted by Gasteiger charge is 2.48. The van der Waals surface area contributed by atoms with Crippen molar-refractivity contribution >= 4 is 16.9 Å². The van der Waals surface area contributed by atoms with E-state index in [1.54, 1.807) is 0 Å². The number of carbonyl (C=O) groups is 1. The van der Waals surface area contributed by atoms with Gasteiger partial charge >= 0.3 is 5.97 Å². The number of hydrogen-bond acceptors (Lipinski definition) is 12. The SMILES string of the molecule is O=C(O)[C@H]1O[C@@H](Oc2c(-c3ccc(O)c(O)c3)o[13c]3[13cH][13c](O)[13cH][13c](O)[13c]3c2=O)[C@H](O)[C@@H](O)[C@@H]1O. The molecule has 1 fully saturated rings. The third-order valence-electron chi connectivity index (χ3n) is 5.20. The van der Waals surface area contributed by atoms with Gasteiger partial charge in [0.2, 0.25) is 17.5 Å². The Kier molecular flexibility index (Phi) is 5.70. The molecule has 180 valence electrons. The summed E-state index contributed by atoms with van der Waals surface area (Å²) in [6.45, 7) is 0. The number of phenols is 4. The number of carboxylic acids is 1. The lowest BCUT2D eigenvalue weighted by Crippen LogP contribution is -2.61. The first-order chi connectivity index (χ1) is 16.0. The number of phenolic OH excluding ortho intramolecular Hbond substituents is 4. The van der Waals surface area contributed by atoms with Gasteiger partial charge in [-0.05, 0) is 18.2 Å². The summed E-state index contributed by atoms with van der Waals surface area (Å²) in [6.07, 6.45) is -10.1. The fourth-order valence-corrected chi connectivity index (χ4v) is 3.50. The number of fused-ring (bicyclic) bond motifs is 1. The van der Waals surface area contributed by atoms with Crippen LogP contribution in [0.5, 0.6) is 28.7 Å². The molecule has 0 saturated carbocycles. The van der Waals surface area contributed by atoms with E-state index >= 15 is 0 Å². The number of carboxylic acid groups (broad SMARTS) is 1. The predicted molar refractivity (Wildman–Crippen MR) is 110 cm³/mol. The van der Waals surface area contributed by atoms with E-state index in [4.69, 9.17) is 13.9 Å². The van der Waals surface area contributed by atoms with Gasteiger partial charge in [0.15, 0.2) is 23.4 Å². The van der Waals surface area contributed by atoms with Crippen LogP contribution in [-0.2, 0) is 9.53 Å². The van der Waals surface area contributed by atoms with Crippen LogP contribution in [0.2, 0.25) is 0 Å². The average molecular weight is 484 g/mol. The molecule has 13 heteroatoms. The lowest BCUT2D eigenvalue weighted by atomic mass is 9.99. The van der Waals surface area contributed by atoms with Crippen molar-refractivity contribution in [2.45, 2.75) is 30.7 Å². The van der Waals surface area contributed by atoms with Crippen LogP contribution >= 0.6 is 0 Å². The van der Waals surface area contributed by atoms with Crippen LogP contribution in [0, 0.1) is 0 Å². The topological polar surface area (TPSA) is 228 Å². The molecule has 2 aromatic carbocycles. The first-order valence-corrected chi connectivity index (χ1v) is 9.64. The fraction of sp³-hybridized carbons (Fsp3) is 0.238. The molecule has 1 aliphatic heterocycles. The first kappa shape index (κ1) is 23.1. The van der Waals surface area contributed by atoms with Crippen molar-refractivity contribution in [3.05, 3.63) is 40.6 Å². The highest BCUT2D eigenvalue weighted by Crippen LogP contribution is 2.39. The molecule has 3 aromatic rings. The Balaban J connectivity index is 1.91. The van der Waals surface area contributed by atoms with Crippen LogP contribution in [0.15, 0.2) is 39.5 Å². The fourth-order valence-electron chi connectivity index (χ4n) is 3.50. The molecule has 34 heavy (non-hydrogen) atoms. The summed E-state index contributed by atoms with van der Waals surface area (Å²) >= 11 is 0. The lowest BCUT2D eigenvalue weighted by molar-refractivity contribution is -0.271. The molecule has 0 bridgehead atoms. The maximum absolute atomic E-state index is 13.2. The maximum Gasteiger partial charge on any atom is 0.335 e. The summed E-state index contributed by atoms with van der Waals surface area (Å²) in [5.74, 6) is -5.11. The van der Waals surface area contributed by atoms with Crippen molar-refractivity contribution in [1.82, 2.24) is 0 Å². The van der Waals surface area contributed by atoms with Crippen LogP contribution in [0.25, 0.3) is 22.3 Å². The monoisotopic (exact) mass is 484 g/mol. The van der Waals surface area contributed by atoms with Crippen LogP contribution in [-0.4, -0.2) is 77.5 Å². The zero-order valence-electron chi connectivity index (χ0n) is 16.9. The highest BCUT2D eigenvalue weighted by atomic mass is 16.7. The number of aromatic hydroxyl groups is 4. The van der Waals surface area contributed by atoms with Gasteiger partial charge in [-0.25, -0.2) is 4.79 Å². The minimum atomic E-state index is -2.03. The quantitative estimate of drug-likeness (QED) is 0.220. The van der Waals surface area contributed by atoms with E-state index in [0.717, 1.165) is 24.3 Å². The molecule has 0 aliphatic carbocycles. The molecule has 0 amide bonds. The molecular weight excluding hydrogens is 466 g/mol. The number of aliphatic carboxylic acids is 1. The number of rotatable bonds is 4. The normalized spacial score (nSPS) is 24.7. The van der Waals surface area contributed by atoms with Crippen molar-refractivity contribution in [3.8, 4) is 40.1 Å². The van der Waals surface area contributed by atoms with E-state index in [0.29, 0.717) is 0 Å². The second kappa shape index (κ2) is 8.39. The van der Waals surface area contributed by atoms with E-state index < -0.39 is 82.0 Å². The van der Waals surface area contributed by atoms with Gasteiger partial charge in [0.05, 0.1) is 0 Å². The molecule has 2 heterocycles. The van der Waals surface area contributed by atoms with Crippen molar-refractivity contribution in [2.24, 2.45) is 0 Å². The molecule has 1 saturated heterocycles. The van der Waals surface area contributed by atoms with E-state index in [1.165, 1.54) is 6.07 Å². The Hall–Kier alpha value is -4.04. The van der Waals surface area contributed by atoms with Crippen LogP contribution < -0.4 is 10.2 Å². The Bertz CT molecular complexity index is 1330. The molecule has 0 unspecified atom stereocenters. The Morgan fingerprint density at radius 1 is 0.882 bits per heavy atom. The number of aliphatic hydroxyl groups is 3. The van der Waals surface area contributed by atoms with Gasteiger partial charge in [0.25, 0.3) is 0 Å². The molecule has 0 spiro atoms. The molecule has 13 nitrogen and oxygen atoms in total. The Labute approximate surface area is 188 Å². The minimum absolute atomic E-state index is 0.0483. The first-order valence-electron chi connectivity index (χ1n) is 9.64. The van der Waals surface area contributed by atoms with E-state index in [9.17, 15) is 50.4 Å². The molecule has 1 aromatic heterocycles.